The van der Waals surface area contributed by atoms with Crippen LogP contribution in [0.2, 0.25) is 5.02 Å². The Hall–Kier alpha value is -1.75. The maximum atomic E-state index is 11.6. The average molecular weight is 351 g/mol. The van der Waals surface area contributed by atoms with Gasteiger partial charge in [0.15, 0.2) is 5.96 Å². The Morgan fingerprint density at radius 3 is 2.67 bits per heavy atom. The lowest BCUT2D eigenvalue weighted by Gasteiger charge is -2.11. The third-order valence-corrected chi connectivity index (χ3v) is 3.99. The van der Waals surface area contributed by atoms with Crippen LogP contribution in [0.3, 0.4) is 0 Å². The van der Waals surface area contributed by atoms with E-state index in [9.17, 15) is 4.79 Å². The molecule has 0 atom stereocenters. The lowest BCUT2D eigenvalue weighted by Crippen LogP contribution is -2.38. The summed E-state index contributed by atoms with van der Waals surface area (Å²) >= 11 is 5.89. The van der Waals surface area contributed by atoms with Crippen molar-refractivity contribution in [2.45, 2.75) is 45.1 Å². The van der Waals surface area contributed by atoms with Crippen LogP contribution in [0.4, 0.5) is 0 Å². The Morgan fingerprint density at radius 1 is 1.25 bits per heavy atom. The van der Waals surface area contributed by atoms with E-state index in [0.29, 0.717) is 19.0 Å². The summed E-state index contributed by atoms with van der Waals surface area (Å²) < 4.78 is 0. The molecule has 1 fully saturated rings. The van der Waals surface area contributed by atoms with Gasteiger partial charge in [-0.3, -0.25) is 9.79 Å². The molecule has 3 N–H and O–H groups in total. The molecular weight excluding hydrogens is 324 g/mol. The van der Waals surface area contributed by atoms with E-state index in [1.54, 1.807) is 0 Å². The monoisotopic (exact) mass is 350 g/mol. The van der Waals surface area contributed by atoms with E-state index in [1.165, 1.54) is 5.56 Å². The van der Waals surface area contributed by atoms with Crippen molar-refractivity contribution in [2.24, 2.45) is 4.99 Å². The number of carbonyl (C=O) groups excluding carboxylic acids is 1. The molecular formula is C18H27ClN4O. The molecule has 0 spiro atoms. The smallest absolute Gasteiger partial charge is 0.220 e. The van der Waals surface area contributed by atoms with Gasteiger partial charge in [-0.1, -0.05) is 23.7 Å². The summed E-state index contributed by atoms with van der Waals surface area (Å²) in [5.41, 5.74) is 1.24. The zero-order valence-corrected chi connectivity index (χ0v) is 15.0. The number of nitrogens with one attached hydrogen (secondary N) is 3. The van der Waals surface area contributed by atoms with E-state index >= 15 is 0 Å². The number of hydrogen-bond acceptors (Lipinski definition) is 2. The fourth-order valence-electron chi connectivity index (χ4n) is 2.28. The van der Waals surface area contributed by atoms with Crippen molar-refractivity contribution in [3.05, 3.63) is 34.9 Å². The van der Waals surface area contributed by atoms with Crippen LogP contribution in [-0.2, 0) is 11.2 Å². The Balaban J connectivity index is 1.65. The van der Waals surface area contributed by atoms with Gasteiger partial charge in [0.1, 0.15) is 0 Å². The maximum absolute atomic E-state index is 11.6. The summed E-state index contributed by atoms with van der Waals surface area (Å²) in [7, 11) is 0. The number of rotatable bonds is 9. The molecule has 0 aromatic heterocycles. The van der Waals surface area contributed by atoms with Crippen molar-refractivity contribution in [3.8, 4) is 0 Å². The lowest BCUT2D eigenvalue weighted by atomic mass is 10.1. The molecule has 5 nitrogen and oxygen atoms in total. The van der Waals surface area contributed by atoms with Gasteiger partial charge >= 0.3 is 0 Å². The summed E-state index contributed by atoms with van der Waals surface area (Å²) in [6.07, 6.45) is 4.49. The maximum Gasteiger partial charge on any atom is 0.220 e. The first-order valence-electron chi connectivity index (χ1n) is 8.73. The van der Waals surface area contributed by atoms with Crippen molar-refractivity contribution in [2.75, 3.05) is 19.6 Å². The summed E-state index contributed by atoms with van der Waals surface area (Å²) in [4.78, 5) is 16.1. The Kier molecular flexibility index (Phi) is 7.89. The first-order valence-corrected chi connectivity index (χ1v) is 9.11. The SMILES string of the molecule is CCNC(=NCCCC(=O)NC1CC1)NCCc1ccc(Cl)cc1. The molecule has 0 bridgehead atoms. The minimum atomic E-state index is 0.147. The van der Waals surface area contributed by atoms with Gasteiger partial charge in [0.05, 0.1) is 0 Å². The van der Waals surface area contributed by atoms with Crippen LogP contribution in [-0.4, -0.2) is 37.5 Å². The standard InChI is InChI=1S/C18H27ClN4O/c1-2-20-18(21-12-3-4-17(24)23-16-9-10-16)22-13-11-14-5-7-15(19)8-6-14/h5-8,16H,2-4,9-13H2,1H3,(H,23,24)(H2,20,21,22). The quantitative estimate of drug-likeness (QED) is 0.364. The van der Waals surface area contributed by atoms with Crippen molar-refractivity contribution in [3.63, 3.8) is 0 Å². The number of carbonyl (C=O) groups is 1. The van der Waals surface area contributed by atoms with Crippen LogP contribution in [0, 0.1) is 0 Å². The van der Waals surface area contributed by atoms with E-state index in [-0.39, 0.29) is 5.91 Å². The highest BCUT2D eigenvalue weighted by Gasteiger charge is 2.22. The molecule has 24 heavy (non-hydrogen) atoms. The van der Waals surface area contributed by atoms with Crippen LogP contribution >= 0.6 is 11.6 Å². The second-order valence-electron chi connectivity index (χ2n) is 6.01. The van der Waals surface area contributed by atoms with Gasteiger partial charge in [-0.05, 0) is 50.3 Å². The highest BCUT2D eigenvalue weighted by molar-refractivity contribution is 6.30. The van der Waals surface area contributed by atoms with E-state index < -0.39 is 0 Å². The van der Waals surface area contributed by atoms with Crippen LogP contribution in [0.1, 0.15) is 38.2 Å². The largest absolute Gasteiger partial charge is 0.357 e. The first-order chi connectivity index (χ1) is 11.7. The second kappa shape index (κ2) is 10.2. The number of hydrogen-bond donors (Lipinski definition) is 3. The third-order valence-electron chi connectivity index (χ3n) is 3.74. The van der Waals surface area contributed by atoms with E-state index in [4.69, 9.17) is 11.6 Å². The average Bonchev–Trinajstić information content (AvgIpc) is 3.37. The minimum absolute atomic E-state index is 0.147. The van der Waals surface area contributed by atoms with Gasteiger partial charge in [0, 0.05) is 37.1 Å². The Morgan fingerprint density at radius 2 is 2.00 bits per heavy atom. The zero-order chi connectivity index (χ0) is 17.2. The normalized spacial score (nSPS) is 14.3. The number of nitrogens with zero attached hydrogens (tertiary/aromatic N) is 1. The molecule has 0 radical (unpaired) electrons. The van der Waals surface area contributed by atoms with Gasteiger partial charge in [0.25, 0.3) is 0 Å². The molecule has 0 aliphatic heterocycles. The third kappa shape index (κ3) is 7.68. The fourth-order valence-corrected chi connectivity index (χ4v) is 2.40. The van der Waals surface area contributed by atoms with Crippen LogP contribution in [0.5, 0.6) is 0 Å². The zero-order valence-electron chi connectivity index (χ0n) is 14.3. The topological polar surface area (TPSA) is 65.5 Å². The molecule has 1 amide bonds. The fraction of sp³-hybridized carbons (Fsp3) is 0.556. The second-order valence-corrected chi connectivity index (χ2v) is 6.45. The minimum Gasteiger partial charge on any atom is -0.357 e. The molecule has 0 heterocycles. The molecule has 1 aromatic carbocycles. The molecule has 2 rings (SSSR count). The van der Waals surface area contributed by atoms with Crippen LogP contribution in [0.15, 0.2) is 29.3 Å². The number of aliphatic imine (C=N–C) groups is 1. The molecule has 1 aromatic rings. The molecule has 1 aliphatic carbocycles. The van der Waals surface area contributed by atoms with E-state index in [2.05, 4.69) is 20.9 Å². The predicted molar refractivity (Wildman–Crippen MR) is 99.5 cm³/mol. The number of benzene rings is 1. The lowest BCUT2D eigenvalue weighted by molar-refractivity contribution is -0.121. The molecule has 0 unspecified atom stereocenters. The van der Waals surface area contributed by atoms with Gasteiger partial charge in [-0.2, -0.15) is 0 Å². The van der Waals surface area contributed by atoms with Crippen molar-refractivity contribution >= 4 is 23.5 Å². The number of amides is 1. The summed E-state index contributed by atoms with van der Waals surface area (Å²) in [6.45, 7) is 4.30. The first kappa shape index (κ1) is 18.6. The number of halogens is 1. The Bertz CT molecular complexity index is 540. The molecule has 1 saturated carbocycles. The number of guanidine groups is 1. The summed E-state index contributed by atoms with van der Waals surface area (Å²) in [6, 6.07) is 8.32. The van der Waals surface area contributed by atoms with Crippen LogP contribution in [0.25, 0.3) is 0 Å². The summed E-state index contributed by atoms with van der Waals surface area (Å²) in [5, 5.41) is 10.3. The van der Waals surface area contributed by atoms with Gasteiger partial charge in [0.2, 0.25) is 5.91 Å². The van der Waals surface area contributed by atoms with Gasteiger partial charge < -0.3 is 16.0 Å². The van der Waals surface area contributed by atoms with Crippen molar-refractivity contribution in [1.29, 1.82) is 0 Å². The van der Waals surface area contributed by atoms with Crippen LogP contribution < -0.4 is 16.0 Å². The van der Waals surface area contributed by atoms with E-state index in [0.717, 1.165) is 49.8 Å². The highest BCUT2D eigenvalue weighted by atomic mass is 35.5. The van der Waals surface area contributed by atoms with E-state index in [1.807, 2.05) is 31.2 Å². The van der Waals surface area contributed by atoms with Gasteiger partial charge in [-0.15, -0.1) is 0 Å². The Labute approximate surface area is 149 Å². The summed E-state index contributed by atoms with van der Waals surface area (Å²) in [5.74, 6) is 0.947. The predicted octanol–water partition coefficient (Wildman–Crippen LogP) is 2.50. The molecule has 0 saturated heterocycles. The highest BCUT2D eigenvalue weighted by Crippen LogP contribution is 2.18. The van der Waals surface area contributed by atoms with Gasteiger partial charge in [-0.25, -0.2) is 0 Å². The van der Waals surface area contributed by atoms with Crippen molar-refractivity contribution < 1.29 is 4.79 Å². The molecule has 132 valence electrons. The molecule has 1 aliphatic rings. The van der Waals surface area contributed by atoms with Crippen molar-refractivity contribution in [1.82, 2.24) is 16.0 Å². The molecule has 6 heteroatoms.